The lowest BCUT2D eigenvalue weighted by atomic mass is 10.1. The van der Waals surface area contributed by atoms with E-state index in [1.807, 2.05) is 0 Å². The highest BCUT2D eigenvalue weighted by Gasteiger charge is 2.09. The largest absolute Gasteiger partial charge is 0.497 e. The van der Waals surface area contributed by atoms with Gasteiger partial charge in [0.15, 0.2) is 0 Å². The summed E-state index contributed by atoms with van der Waals surface area (Å²) in [7, 11) is 1.53. The molecule has 1 aromatic carbocycles. The maximum absolute atomic E-state index is 11.8. The summed E-state index contributed by atoms with van der Waals surface area (Å²) in [6, 6.07) is 4.85. The molecule has 0 heterocycles. The van der Waals surface area contributed by atoms with Gasteiger partial charge < -0.3 is 21.1 Å². The molecule has 1 rings (SSSR count). The minimum absolute atomic E-state index is 0.131. The van der Waals surface area contributed by atoms with Crippen LogP contribution in [0.2, 0.25) is 0 Å². The number of nitrogen functional groups attached to an aromatic ring is 1. The molecule has 6 heteroatoms. The summed E-state index contributed by atoms with van der Waals surface area (Å²) in [5, 5.41) is 5.24. The number of hydrogen-bond acceptors (Lipinski definition) is 4. The molecule has 0 aliphatic rings. The van der Waals surface area contributed by atoms with Crippen LogP contribution in [0.25, 0.3) is 0 Å². The maximum Gasteiger partial charge on any atom is 0.253 e. The Morgan fingerprint density at radius 2 is 1.94 bits per heavy atom. The van der Waals surface area contributed by atoms with Gasteiger partial charge in [-0.15, -0.1) is 0 Å². The zero-order valence-corrected chi connectivity index (χ0v) is 10.4. The molecule has 0 unspecified atom stereocenters. The first-order chi connectivity index (χ1) is 8.54. The molecule has 0 aromatic heterocycles. The van der Waals surface area contributed by atoms with E-state index >= 15 is 0 Å². The number of anilines is 1. The monoisotopic (exact) mass is 251 g/mol. The quantitative estimate of drug-likeness (QED) is 0.512. The number of carbonyl (C=O) groups excluding carboxylic acids is 2. The highest BCUT2D eigenvalue weighted by Crippen LogP contribution is 2.19. The van der Waals surface area contributed by atoms with Crippen molar-refractivity contribution >= 4 is 17.5 Å². The zero-order valence-electron chi connectivity index (χ0n) is 10.4. The predicted molar refractivity (Wildman–Crippen MR) is 68.4 cm³/mol. The molecule has 98 valence electrons. The van der Waals surface area contributed by atoms with E-state index in [1.165, 1.54) is 14.0 Å². The van der Waals surface area contributed by atoms with Crippen LogP contribution in [0, 0.1) is 0 Å². The van der Waals surface area contributed by atoms with E-state index in [9.17, 15) is 9.59 Å². The second-order valence-corrected chi connectivity index (χ2v) is 3.69. The molecule has 0 saturated carbocycles. The van der Waals surface area contributed by atoms with Crippen molar-refractivity contribution in [1.82, 2.24) is 10.6 Å². The fourth-order valence-electron chi connectivity index (χ4n) is 1.38. The van der Waals surface area contributed by atoms with Gasteiger partial charge in [0.2, 0.25) is 5.91 Å². The summed E-state index contributed by atoms with van der Waals surface area (Å²) in [6.45, 7) is 2.16. The maximum atomic E-state index is 11.8. The van der Waals surface area contributed by atoms with Gasteiger partial charge in [-0.1, -0.05) is 0 Å². The Labute approximate surface area is 105 Å². The van der Waals surface area contributed by atoms with Gasteiger partial charge in [0.1, 0.15) is 5.75 Å². The van der Waals surface area contributed by atoms with Crippen molar-refractivity contribution in [3.05, 3.63) is 23.8 Å². The van der Waals surface area contributed by atoms with Crippen molar-refractivity contribution in [1.29, 1.82) is 0 Å². The number of ether oxygens (including phenoxy) is 1. The summed E-state index contributed by atoms with van der Waals surface area (Å²) in [6.07, 6.45) is 0. The van der Waals surface area contributed by atoms with Crippen LogP contribution in [-0.2, 0) is 4.79 Å². The summed E-state index contributed by atoms with van der Waals surface area (Å²) in [5.74, 6) is 0.191. The molecular formula is C12H17N3O3. The van der Waals surface area contributed by atoms with E-state index in [1.54, 1.807) is 18.2 Å². The molecular weight excluding hydrogens is 234 g/mol. The summed E-state index contributed by atoms with van der Waals surface area (Å²) in [5.41, 5.74) is 6.48. The van der Waals surface area contributed by atoms with Crippen LogP contribution in [0.15, 0.2) is 18.2 Å². The number of rotatable bonds is 5. The van der Waals surface area contributed by atoms with E-state index in [0.717, 1.165) is 0 Å². The molecule has 1 aromatic rings. The van der Waals surface area contributed by atoms with Crippen molar-refractivity contribution in [2.75, 3.05) is 25.9 Å². The second-order valence-electron chi connectivity index (χ2n) is 3.69. The molecule has 0 bridgehead atoms. The fourth-order valence-corrected chi connectivity index (χ4v) is 1.38. The summed E-state index contributed by atoms with van der Waals surface area (Å²) >= 11 is 0. The van der Waals surface area contributed by atoms with Crippen LogP contribution >= 0.6 is 0 Å². The third-order valence-corrected chi connectivity index (χ3v) is 2.29. The van der Waals surface area contributed by atoms with Gasteiger partial charge >= 0.3 is 0 Å². The van der Waals surface area contributed by atoms with Gasteiger partial charge in [0, 0.05) is 31.8 Å². The lowest BCUT2D eigenvalue weighted by Crippen LogP contribution is -2.33. The predicted octanol–water partition coefficient (Wildman–Crippen LogP) is 0.143. The molecule has 18 heavy (non-hydrogen) atoms. The van der Waals surface area contributed by atoms with Crippen molar-refractivity contribution in [3.8, 4) is 5.75 Å². The molecule has 6 nitrogen and oxygen atoms in total. The molecule has 0 saturated heterocycles. The standard InChI is InChI=1S/C12H17N3O3/c1-8(16)14-5-6-15-12(17)10-4-3-9(18-2)7-11(10)13/h3-4,7H,5-6,13H2,1-2H3,(H,14,16)(H,15,17). The number of nitrogens with one attached hydrogen (secondary N) is 2. The van der Waals surface area contributed by atoms with Gasteiger partial charge in [-0.05, 0) is 12.1 Å². The molecule has 0 aliphatic heterocycles. The van der Waals surface area contributed by atoms with E-state index in [2.05, 4.69) is 10.6 Å². The van der Waals surface area contributed by atoms with Crippen molar-refractivity contribution in [2.45, 2.75) is 6.92 Å². The number of amides is 2. The lowest BCUT2D eigenvalue weighted by Gasteiger charge is -2.09. The average molecular weight is 251 g/mol. The first-order valence-corrected chi connectivity index (χ1v) is 5.50. The van der Waals surface area contributed by atoms with Crippen molar-refractivity contribution < 1.29 is 14.3 Å². The van der Waals surface area contributed by atoms with E-state index < -0.39 is 0 Å². The zero-order chi connectivity index (χ0) is 13.5. The van der Waals surface area contributed by atoms with E-state index in [-0.39, 0.29) is 11.8 Å². The number of carbonyl (C=O) groups is 2. The Kier molecular flexibility index (Phi) is 4.98. The van der Waals surface area contributed by atoms with Gasteiger partial charge in [-0.25, -0.2) is 0 Å². The van der Waals surface area contributed by atoms with Gasteiger partial charge in [-0.2, -0.15) is 0 Å². The molecule has 0 radical (unpaired) electrons. The smallest absolute Gasteiger partial charge is 0.253 e. The third kappa shape index (κ3) is 3.97. The highest BCUT2D eigenvalue weighted by molar-refractivity contribution is 5.99. The number of hydrogen-bond donors (Lipinski definition) is 3. The third-order valence-electron chi connectivity index (χ3n) is 2.29. The second kappa shape index (κ2) is 6.48. The lowest BCUT2D eigenvalue weighted by molar-refractivity contribution is -0.118. The van der Waals surface area contributed by atoms with Crippen LogP contribution in [0.5, 0.6) is 5.75 Å². The first-order valence-electron chi connectivity index (χ1n) is 5.50. The average Bonchev–Trinajstić information content (AvgIpc) is 2.33. The van der Waals surface area contributed by atoms with Gasteiger partial charge in [0.05, 0.1) is 12.7 Å². The fraction of sp³-hybridized carbons (Fsp3) is 0.333. The van der Waals surface area contributed by atoms with Gasteiger partial charge in [0.25, 0.3) is 5.91 Å². The van der Waals surface area contributed by atoms with Gasteiger partial charge in [-0.3, -0.25) is 9.59 Å². The first kappa shape index (κ1) is 13.8. The Balaban J connectivity index is 2.54. The Bertz CT molecular complexity index is 446. The topological polar surface area (TPSA) is 93.5 Å². The molecule has 2 amide bonds. The minimum atomic E-state index is -0.277. The van der Waals surface area contributed by atoms with Crippen molar-refractivity contribution in [2.24, 2.45) is 0 Å². The molecule has 4 N–H and O–H groups in total. The van der Waals surface area contributed by atoms with Crippen LogP contribution in [0.4, 0.5) is 5.69 Å². The van der Waals surface area contributed by atoms with Crippen molar-refractivity contribution in [3.63, 3.8) is 0 Å². The Morgan fingerprint density at radius 1 is 1.28 bits per heavy atom. The number of nitrogens with two attached hydrogens (primary N) is 1. The summed E-state index contributed by atoms with van der Waals surface area (Å²) in [4.78, 5) is 22.4. The van der Waals surface area contributed by atoms with Crippen LogP contribution < -0.4 is 21.1 Å². The van der Waals surface area contributed by atoms with Crippen LogP contribution in [-0.4, -0.2) is 32.0 Å². The van der Waals surface area contributed by atoms with E-state index in [0.29, 0.717) is 30.1 Å². The SMILES string of the molecule is COc1ccc(C(=O)NCCNC(C)=O)c(N)c1. The highest BCUT2D eigenvalue weighted by atomic mass is 16.5. The number of methoxy groups -OCH3 is 1. The molecule has 0 atom stereocenters. The normalized spacial score (nSPS) is 9.67. The summed E-state index contributed by atoms with van der Waals surface area (Å²) < 4.78 is 5.00. The molecule has 0 fully saturated rings. The number of benzene rings is 1. The molecule has 0 spiro atoms. The van der Waals surface area contributed by atoms with Crippen LogP contribution in [0.1, 0.15) is 17.3 Å². The Hall–Kier alpha value is -2.24. The van der Waals surface area contributed by atoms with Crippen LogP contribution in [0.3, 0.4) is 0 Å². The van der Waals surface area contributed by atoms with E-state index in [4.69, 9.17) is 10.5 Å². The molecule has 0 aliphatic carbocycles. The minimum Gasteiger partial charge on any atom is -0.497 e. The Morgan fingerprint density at radius 3 is 2.50 bits per heavy atom.